The molecular weight excluding hydrogens is 387 g/mol. The van der Waals surface area contributed by atoms with Crippen molar-refractivity contribution in [3.05, 3.63) is 71.3 Å². The maximum atomic E-state index is 14.5. The van der Waals surface area contributed by atoms with Crippen molar-refractivity contribution in [2.45, 2.75) is 51.5 Å². The summed E-state index contributed by atoms with van der Waals surface area (Å²) in [7, 11) is 0. The van der Waals surface area contributed by atoms with E-state index in [4.69, 9.17) is 4.74 Å². The normalized spacial score (nSPS) is 20.7. The van der Waals surface area contributed by atoms with Gasteiger partial charge in [-0.3, -0.25) is 0 Å². The third-order valence-corrected chi connectivity index (χ3v) is 5.28. The van der Waals surface area contributed by atoms with Gasteiger partial charge in [0, 0.05) is 5.56 Å². The van der Waals surface area contributed by atoms with Crippen molar-refractivity contribution in [2.24, 2.45) is 5.92 Å². The first-order valence-electron chi connectivity index (χ1n) is 9.64. The Kier molecular flexibility index (Phi) is 6.73. The van der Waals surface area contributed by atoms with Crippen molar-refractivity contribution in [3.8, 4) is 11.1 Å². The molecule has 0 N–H and O–H groups in total. The summed E-state index contributed by atoms with van der Waals surface area (Å²) in [5.41, 5.74) is 3.28. The number of benzene rings is 2. The molecular formula is C23H23F5O. The van der Waals surface area contributed by atoms with Crippen molar-refractivity contribution in [3.63, 3.8) is 0 Å². The van der Waals surface area contributed by atoms with E-state index in [0.717, 1.165) is 16.7 Å². The van der Waals surface area contributed by atoms with Gasteiger partial charge in [-0.2, -0.15) is 13.2 Å². The number of hydrogen-bond donors (Lipinski definition) is 0. The highest BCUT2D eigenvalue weighted by atomic mass is 19.4. The highest BCUT2D eigenvalue weighted by Crippen LogP contribution is 2.33. The van der Waals surface area contributed by atoms with Crippen LogP contribution in [-0.4, -0.2) is 12.3 Å². The molecule has 1 nitrogen and oxygen atoms in total. The van der Waals surface area contributed by atoms with Gasteiger partial charge in [0.1, 0.15) is 5.82 Å². The highest BCUT2D eigenvalue weighted by Gasteiger charge is 2.35. The van der Waals surface area contributed by atoms with E-state index in [1.807, 2.05) is 37.3 Å². The summed E-state index contributed by atoms with van der Waals surface area (Å²) >= 11 is 0. The second-order valence-electron chi connectivity index (χ2n) is 7.53. The molecule has 156 valence electrons. The third-order valence-electron chi connectivity index (χ3n) is 5.28. The molecule has 0 spiro atoms. The second-order valence-corrected chi connectivity index (χ2v) is 7.53. The molecule has 0 radical (unpaired) electrons. The second kappa shape index (κ2) is 9.08. The van der Waals surface area contributed by atoms with Crippen molar-refractivity contribution < 1.29 is 26.7 Å². The van der Waals surface area contributed by atoms with Crippen LogP contribution in [0.4, 0.5) is 22.0 Å². The molecule has 0 bridgehead atoms. The van der Waals surface area contributed by atoms with Gasteiger partial charge in [0.2, 0.25) is 0 Å². The summed E-state index contributed by atoms with van der Waals surface area (Å²) in [6.45, 7) is 2.09. The van der Waals surface area contributed by atoms with Crippen LogP contribution in [-0.2, 0) is 11.3 Å². The van der Waals surface area contributed by atoms with E-state index in [-0.39, 0.29) is 18.5 Å². The summed E-state index contributed by atoms with van der Waals surface area (Å²) in [4.78, 5) is 0. The molecule has 0 heterocycles. The van der Waals surface area contributed by atoms with Gasteiger partial charge in [0.05, 0.1) is 12.7 Å². The lowest BCUT2D eigenvalue weighted by atomic mass is 9.87. The van der Waals surface area contributed by atoms with Crippen LogP contribution in [0, 0.1) is 18.7 Å². The maximum Gasteiger partial charge on any atom is 0.442 e. The van der Waals surface area contributed by atoms with Crippen molar-refractivity contribution in [1.82, 2.24) is 0 Å². The van der Waals surface area contributed by atoms with Gasteiger partial charge < -0.3 is 4.74 Å². The van der Waals surface area contributed by atoms with E-state index in [1.54, 1.807) is 6.07 Å². The van der Waals surface area contributed by atoms with Crippen molar-refractivity contribution in [1.29, 1.82) is 0 Å². The number of aryl methyl sites for hydroxylation is 1. The van der Waals surface area contributed by atoms with E-state index in [9.17, 15) is 22.0 Å². The molecule has 0 atom stereocenters. The largest absolute Gasteiger partial charge is 0.442 e. The molecule has 2 aromatic carbocycles. The Morgan fingerprint density at radius 1 is 1.00 bits per heavy atom. The summed E-state index contributed by atoms with van der Waals surface area (Å²) in [5, 5.41) is 0. The molecule has 6 heteroatoms. The van der Waals surface area contributed by atoms with E-state index in [0.29, 0.717) is 37.3 Å². The van der Waals surface area contributed by atoms with Gasteiger partial charge >= 0.3 is 6.18 Å². The molecule has 1 fully saturated rings. The Hall–Kier alpha value is -2.21. The lowest BCUT2D eigenvalue weighted by Crippen LogP contribution is -2.22. The van der Waals surface area contributed by atoms with Crippen LogP contribution in [0.1, 0.15) is 36.8 Å². The monoisotopic (exact) mass is 410 g/mol. The van der Waals surface area contributed by atoms with Gasteiger partial charge in [-0.1, -0.05) is 42.0 Å². The van der Waals surface area contributed by atoms with Crippen LogP contribution in [0.15, 0.2) is 54.4 Å². The Balaban J connectivity index is 1.53. The molecule has 0 unspecified atom stereocenters. The fraction of sp³-hybridized carbons (Fsp3) is 0.391. The Morgan fingerprint density at radius 3 is 2.21 bits per heavy atom. The predicted octanol–water partition coefficient (Wildman–Crippen LogP) is 7.29. The Morgan fingerprint density at radius 2 is 1.62 bits per heavy atom. The lowest BCUT2D eigenvalue weighted by Gasteiger charge is -2.27. The fourth-order valence-electron chi connectivity index (χ4n) is 3.52. The van der Waals surface area contributed by atoms with Crippen molar-refractivity contribution in [2.75, 3.05) is 0 Å². The summed E-state index contributed by atoms with van der Waals surface area (Å²) < 4.78 is 70.1. The quantitative estimate of drug-likeness (QED) is 0.470. The average Bonchev–Trinajstić information content (AvgIpc) is 2.68. The van der Waals surface area contributed by atoms with Crippen LogP contribution in [0.5, 0.6) is 0 Å². The maximum absolute atomic E-state index is 14.5. The van der Waals surface area contributed by atoms with Gasteiger partial charge in [-0.15, -0.1) is 0 Å². The minimum Gasteiger partial charge on any atom is -0.373 e. The number of ether oxygens (including phenoxy) is 1. The van der Waals surface area contributed by atoms with E-state index < -0.39 is 17.9 Å². The number of rotatable bonds is 5. The van der Waals surface area contributed by atoms with Crippen LogP contribution in [0.2, 0.25) is 0 Å². The summed E-state index contributed by atoms with van der Waals surface area (Å²) in [5.74, 6) is -2.83. The molecule has 2 aromatic rings. The zero-order valence-electron chi connectivity index (χ0n) is 16.1. The first-order chi connectivity index (χ1) is 13.7. The lowest BCUT2D eigenvalue weighted by molar-refractivity contribution is -0.109. The number of alkyl halides is 3. The van der Waals surface area contributed by atoms with Gasteiger partial charge in [0.15, 0.2) is 5.83 Å². The topological polar surface area (TPSA) is 9.23 Å². The molecule has 1 aliphatic carbocycles. The number of hydrogen-bond acceptors (Lipinski definition) is 1. The minimum atomic E-state index is -4.92. The van der Waals surface area contributed by atoms with Crippen molar-refractivity contribution >= 4 is 0 Å². The highest BCUT2D eigenvalue weighted by molar-refractivity contribution is 5.64. The van der Waals surface area contributed by atoms with E-state index in [1.165, 1.54) is 6.07 Å². The van der Waals surface area contributed by atoms with E-state index in [2.05, 4.69) is 0 Å². The van der Waals surface area contributed by atoms with Gasteiger partial charge in [-0.25, -0.2) is 8.78 Å². The summed E-state index contributed by atoms with van der Waals surface area (Å²) in [6, 6.07) is 12.8. The standard InChI is InChI=1S/C23H23F5O/c1-15-2-6-17(7-3-15)18-8-9-19(21(24)13-18)14-29-20-10-4-16(5-11-20)12-22(25)23(26,27)28/h2-3,6-9,12-13,16,20H,4-5,10-11,14H2,1H3. The molecule has 1 saturated carbocycles. The first-order valence-corrected chi connectivity index (χ1v) is 9.64. The van der Waals surface area contributed by atoms with Crippen LogP contribution in [0.25, 0.3) is 11.1 Å². The zero-order chi connectivity index (χ0) is 21.0. The van der Waals surface area contributed by atoms with Crippen LogP contribution >= 0.6 is 0 Å². The average molecular weight is 410 g/mol. The van der Waals surface area contributed by atoms with Gasteiger partial charge in [-0.05, 0) is 61.8 Å². The first kappa shape index (κ1) is 21.5. The fourth-order valence-corrected chi connectivity index (χ4v) is 3.52. The smallest absolute Gasteiger partial charge is 0.373 e. The molecule has 3 rings (SSSR count). The molecule has 0 amide bonds. The molecule has 1 aliphatic rings. The molecule has 0 saturated heterocycles. The Bertz CT molecular complexity index is 847. The molecule has 0 aliphatic heterocycles. The van der Waals surface area contributed by atoms with E-state index >= 15 is 0 Å². The molecule has 29 heavy (non-hydrogen) atoms. The zero-order valence-corrected chi connectivity index (χ0v) is 16.1. The molecule has 0 aromatic heterocycles. The minimum absolute atomic E-state index is 0.0993. The number of allylic oxidation sites excluding steroid dienone is 2. The number of halogens is 5. The summed E-state index contributed by atoms with van der Waals surface area (Å²) in [6.07, 6.45) is -2.53. The SMILES string of the molecule is Cc1ccc(-c2ccc(COC3CCC(C=C(F)C(F)(F)F)CC3)c(F)c2)cc1. The Labute approximate surface area is 167 Å². The predicted molar refractivity (Wildman–Crippen MR) is 102 cm³/mol. The third kappa shape index (κ3) is 5.89. The van der Waals surface area contributed by atoms with Crippen LogP contribution in [0.3, 0.4) is 0 Å². The van der Waals surface area contributed by atoms with Gasteiger partial charge in [0.25, 0.3) is 0 Å². The van der Waals surface area contributed by atoms with Crippen LogP contribution < -0.4 is 0 Å².